The summed E-state index contributed by atoms with van der Waals surface area (Å²) in [5, 5.41) is 3.88. The van der Waals surface area contributed by atoms with E-state index in [0.29, 0.717) is 31.2 Å². The minimum Gasteiger partial charge on any atom is -0.368 e. The van der Waals surface area contributed by atoms with Crippen molar-refractivity contribution in [2.75, 3.05) is 42.5 Å². The second-order valence-electron chi connectivity index (χ2n) is 6.92. The van der Waals surface area contributed by atoms with E-state index >= 15 is 0 Å². The van der Waals surface area contributed by atoms with Crippen molar-refractivity contribution < 1.29 is 14.1 Å². The fourth-order valence-electron chi connectivity index (χ4n) is 3.32. The number of aromatic nitrogens is 1. The zero-order valence-electron chi connectivity index (χ0n) is 16.1. The Balaban J connectivity index is 1.52. The Labute approximate surface area is 159 Å². The molecule has 1 fully saturated rings. The lowest BCUT2D eigenvalue weighted by molar-refractivity contribution is -0.131. The fraction of sp³-hybridized carbons (Fsp3) is 0.450. The van der Waals surface area contributed by atoms with Crippen LogP contribution in [0.4, 0.5) is 11.5 Å². The molecule has 1 aromatic carbocycles. The summed E-state index contributed by atoms with van der Waals surface area (Å²) >= 11 is 0. The molecule has 0 unspecified atom stereocenters. The van der Waals surface area contributed by atoms with Crippen LogP contribution in [0, 0.1) is 13.8 Å². The highest BCUT2D eigenvalue weighted by molar-refractivity contribution is 5.91. The molecule has 0 atom stereocenters. The maximum atomic E-state index is 12.6. The van der Waals surface area contributed by atoms with E-state index in [4.69, 9.17) is 4.52 Å². The second kappa shape index (κ2) is 8.24. The summed E-state index contributed by atoms with van der Waals surface area (Å²) in [6.45, 7) is 8.63. The summed E-state index contributed by atoms with van der Waals surface area (Å²) in [7, 11) is 0. The standard InChI is InChI=1S/C20H26N4O3/c1-15-5-4-6-18(13-15)22-9-11-23(12-10-22)20(26)7-8-24(17(3)25)19-14-16(2)27-21-19/h4-6,13-14H,7-12H2,1-3H3. The Morgan fingerprint density at radius 1 is 1.15 bits per heavy atom. The molecular weight excluding hydrogens is 344 g/mol. The van der Waals surface area contributed by atoms with Crippen LogP contribution in [0.15, 0.2) is 34.9 Å². The van der Waals surface area contributed by atoms with Crippen molar-refractivity contribution in [3.8, 4) is 0 Å². The van der Waals surface area contributed by atoms with Gasteiger partial charge < -0.3 is 14.3 Å². The maximum absolute atomic E-state index is 12.6. The summed E-state index contributed by atoms with van der Waals surface area (Å²) < 4.78 is 5.04. The molecule has 7 heteroatoms. The van der Waals surface area contributed by atoms with Crippen LogP contribution in [0.3, 0.4) is 0 Å². The lowest BCUT2D eigenvalue weighted by atomic mass is 10.2. The van der Waals surface area contributed by atoms with Crippen molar-refractivity contribution in [1.29, 1.82) is 0 Å². The topological polar surface area (TPSA) is 69.9 Å². The lowest BCUT2D eigenvalue weighted by Gasteiger charge is -2.36. The molecule has 0 aliphatic carbocycles. The number of carbonyl (C=O) groups excluding carboxylic acids is 2. The molecule has 1 saturated heterocycles. The molecule has 1 aromatic heterocycles. The predicted molar refractivity (Wildman–Crippen MR) is 104 cm³/mol. The Hall–Kier alpha value is -2.83. The molecular formula is C20H26N4O3. The molecule has 27 heavy (non-hydrogen) atoms. The number of rotatable bonds is 5. The highest BCUT2D eigenvalue weighted by Crippen LogP contribution is 2.19. The first-order valence-corrected chi connectivity index (χ1v) is 9.25. The minimum absolute atomic E-state index is 0.0605. The van der Waals surface area contributed by atoms with Crippen LogP contribution >= 0.6 is 0 Å². The van der Waals surface area contributed by atoms with Crippen LogP contribution in [0.1, 0.15) is 24.7 Å². The van der Waals surface area contributed by atoms with Gasteiger partial charge in [-0.1, -0.05) is 17.3 Å². The fourth-order valence-corrected chi connectivity index (χ4v) is 3.32. The minimum atomic E-state index is -0.152. The zero-order valence-corrected chi connectivity index (χ0v) is 16.1. The van der Waals surface area contributed by atoms with Gasteiger partial charge >= 0.3 is 0 Å². The number of hydrogen-bond donors (Lipinski definition) is 0. The van der Waals surface area contributed by atoms with Gasteiger partial charge in [-0.25, -0.2) is 0 Å². The van der Waals surface area contributed by atoms with Crippen molar-refractivity contribution in [3.63, 3.8) is 0 Å². The zero-order chi connectivity index (χ0) is 19.4. The van der Waals surface area contributed by atoms with E-state index in [1.165, 1.54) is 23.1 Å². The van der Waals surface area contributed by atoms with E-state index < -0.39 is 0 Å². The molecule has 2 amide bonds. The van der Waals surface area contributed by atoms with E-state index in [0.717, 1.165) is 13.1 Å². The van der Waals surface area contributed by atoms with Crippen LogP contribution in [0.2, 0.25) is 0 Å². The first-order valence-electron chi connectivity index (χ1n) is 9.25. The van der Waals surface area contributed by atoms with Gasteiger partial charge in [-0.15, -0.1) is 0 Å². The number of hydrogen-bond acceptors (Lipinski definition) is 5. The largest absolute Gasteiger partial charge is 0.368 e. The van der Waals surface area contributed by atoms with Crippen LogP contribution < -0.4 is 9.80 Å². The first-order chi connectivity index (χ1) is 12.9. The van der Waals surface area contributed by atoms with Gasteiger partial charge in [-0.05, 0) is 31.5 Å². The number of nitrogens with zero attached hydrogens (tertiary/aromatic N) is 4. The van der Waals surface area contributed by atoms with Crippen LogP contribution in [-0.2, 0) is 9.59 Å². The van der Waals surface area contributed by atoms with Crippen molar-refractivity contribution in [1.82, 2.24) is 10.1 Å². The SMILES string of the molecule is CC(=O)N(CCC(=O)N1CCN(c2cccc(C)c2)CC1)c1cc(C)on1. The highest BCUT2D eigenvalue weighted by Gasteiger charge is 2.23. The average molecular weight is 370 g/mol. The number of anilines is 2. The highest BCUT2D eigenvalue weighted by atomic mass is 16.5. The lowest BCUT2D eigenvalue weighted by Crippen LogP contribution is -2.49. The number of carbonyl (C=O) groups is 2. The monoisotopic (exact) mass is 370 g/mol. The molecule has 0 spiro atoms. The number of aryl methyl sites for hydroxylation is 2. The van der Waals surface area contributed by atoms with Crippen molar-refractivity contribution in [2.45, 2.75) is 27.2 Å². The van der Waals surface area contributed by atoms with Gasteiger partial charge in [0.1, 0.15) is 5.76 Å². The third kappa shape index (κ3) is 4.67. The van der Waals surface area contributed by atoms with Gasteiger partial charge in [0, 0.05) is 57.8 Å². The Kier molecular flexibility index (Phi) is 5.78. The molecule has 7 nitrogen and oxygen atoms in total. The van der Waals surface area contributed by atoms with Crippen molar-refractivity contribution >= 4 is 23.3 Å². The molecule has 1 aliphatic heterocycles. The Bertz CT molecular complexity index is 809. The van der Waals surface area contributed by atoms with Gasteiger partial charge in [0.05, 0.1) is 0 Å². The summed E-state index contributed by atoms with van der Waals surface area (Å²) in [6.07, 6.45) is 0.274. The van der Waals surface area contributed by atoms with Crippen molar-refractivity contribution in [2.24, 2.45) is 0 Å². The molecule has 0 radical (unpaired) electrons. The third-order valence-electron chi connectivity index (χ3n) is 4.82. The van der Waals surface area contributed by atoms with Crippen LogP contribution in [0.5, 0.6) is 0 Å². The summed E-state index contributed by atoms with van der Waals surface area (Å²) in [4.78, 5) is 30.1. The van der Waals surface area contributed by atoms with E-state index in [2.05, 4.69) is 41.2 Å². The first kappa shape index (κ1) is 18.9. The molecule has 0 saturated carbocycles. The molecule has 3 rings (SSSR count). The van der Waals surface area contributed by atoms with E-state index in [9.17, 15) is 9.59 Å². The smallest absolute Gasteiger partial charge is 0.225 e. The second-order valence-corrected chi connectivity index (χ2v) is 6.92. The van der Waals surface area contributed by atoms with E-state index in [-0.39, 0.29) is 18.2 Å². The van der Waals surface area contributed by atoms with Gasteiger partial charge in [0.15, 0.2) is 5.82 Å². The normalized spacial score (nSPS) is 14.3. The summed E-state index contributed by atoms with van der Waals surface area (Å²) in [6, 6.07) is 10.1. The Morgan fingerprint density at radius 2 is 1.89 bits per heavy atom. The summed E-state index contributed by atoms with van der Waals surface area (Å²) in [5.74, 6) is 0.998. The molecule has 0 N–H and O–H groups in total. The molecule has 2 heterocycles. The van der Waals surface area contributed by atoms with E-state index in [1.807, 2.05) is 4.90 Å². The van der Waals surface area contributed by atoms with Crippen LogP contribution in [-0.4, -0.2) is 54.6 Å². The molecule has 144 valence electrons. The number of amides is 2. The molecule has 1 aliphatic rings. The molecule has 2 aromatic rings. The quantitative estimate of drug-likeness (QED) is 0.808. The number of benzene rings is 1. The van der Waals surface area contributed by atoms with Gasteiger partial charge in [0.25, 0.3) is 0 Å². The molecule has 0 bridgehead atoms. The van der Waals surface area contributed by atoms with Crippen LogP contribution in [0.25, 0.3) is 0 Å². The average Bonchev–Trinajstić information content (AvgIpc) is 3.07. The maximum Gasteiger partial charge on any atom is 0.225 e. The van der Waals surface area contributed by atoms with Gasteiger partial charge in [0.2, 0.25) is 11.8 Å². The van der Waals surface area contributed by atoms with Gasteiger partial charge in [-0.3, -0.25) is 14.5 Å². The van der Waals surface area contributed by atoms with Crippen molar-refractivity contribution in [3.05, 3.63) is 41.7 Å². The Morgan fingerprint density at radius 3 is 2.48 bits per heavy atom. The third-order valence-corrected chi connectivity index (χ3v) is 4.82. The van der Waals surface area contributed by atoms with E-state index in [1.54, 1.807) is 13.0 Å². The summed E-state index contributed by atoms with van der Waals surface area (Å²) in [5.41, 5.74) is 2.43. The number of piperazine rings is 1. The van der Waals surface area contributed by atoms with Gasteiger partial charge in [-0.2, -0.15) is 0 Å². The predicted octanol–water partition coefficient (Wildman–Crippen LogP) is 2.38.